The number of anilines is 1. The molecule has 2 atom stereocenters. The summed E-state index contributed by atoms with van der Waals surface area (Å²) in [6, 6.07) is 6.59. The van der Waals surface area contributed by atoms with Gasteiger partial charge in [0.1, 0.15) is 0 Å². The first kappa shape index (κ1) is 14.2. The molecule has 1 saturated heterocycles. The Hall–Kier alpha value is -2.18. The van der Waals surface area contributed by atoms with Gasteiger partial charge < -0.3 is 20.9 Å². The number of ether oxygens (including phenoxy) is 1. The molecule has 2 unspecified atom stereocenters. The van der Waals surface area contributed by atoms with E-state index in [1.165, 1.54) is 6.08 Å². The van der Waals surface area contributed by atoms with Crippen LogP contribution in [0.25, 0.3) is 6.08 Å². The first-order chi connectivity index (χ1) is 9.56. The Morgan fingerprint density at radius 1 is 1.30 bits per heavy atom. The van der Waals surface area contributed by atoms with Gasteiger partial charge in [0.2, 0.25) is 5.91 Å². The van der Waals surface area contributed by atoms with Gasteiger partial charge in [0.05, 0.1) is 19.1 Å². The van der Waals surface area contributed by atoms with Crippen LogP contribution in [0.5, 0.6) is 0 Å². The third-order valence-corrected chi connectivity index (χ3v) is 3.06. The van der Waals surface area contributed by atoms with Crippen LogP contribution in [0.3, 0.4) is 0 Å². The third kappa shape index (κ3) is 3.66. The van der Waals surface area contributed by atoms with Crippen molar-refractivity contribution >= 4 is 23.6 Å². The molecule has 1 fully saturated rings. The van der Waals surface area contributed by atoms with Gasteiger partial charge in [0, 0.05) is 17.8 Å². The zero-order valence-electron chi connectivity index (χ0n) is 10.8. The van der Waals surface area contributed by atoms with E-state index in [0.29, 0.717) is 18.9 Å². The fourth-order valence-electron chi connectivity index (χ4n) is 1.92. The number of rotatable bonds is 4. The summed E-state index contributed by atoms with van der Waals surface area (Å²) in [6.45, 7) is 0.740. The summed E-state index contributed by atoms with van der Waals surface area (Å²) < 4.78 is 5.15. The number of carboxylic acids is 1. The maximum Gasteiger partial charge on any atom is 0.328 e. The molecule has 2 rings (SSSR count). The molecule has 1 aromatic carbocycles. The van der Waals surface area contributed by atoms with Crippen molar-refractivity contribution in [1.82, 2.24) is 0 Å². The predicted molar refractivity (Wildman–Crippen MR) is 74.0 cm³/mol. The van der Waals surface area contributed by atoms with Crippen LogP contribution >= 0.6 is 0 Å². The highest BCUT2D eigenvalue weighted by Gasteiger charge is 2.31. The van der Waals surface area contributed by atoms with Crippen molar-refractivity contribution in [3.05, 3.63) is 35.9 Å². The van der Waals surface area contributed by atoms with Crippen LogP contribution in [0.1, 0.15) is 5.56 Å². The summed E-state index contributed by atoms with van der Waals surface area (Å²) in [5, 5.41) is 11.3. The molecule has 0 spiro atoms. The molecule has 1 aliphatic rings. The van der Waals surface area contributed by atoms with Crippen LogP contribution in [-0.2, 0) is 14.3 Å². The van der Waals surface area contributed by atoms with Crippen molar-refractivity contribution < 1.29 is 19.4 Å². The minimum Gasteiger partial charge on any atom is -0.478 e. The van der Waals surface area contributed by atoms with E-state index in [4.69, 9.17) is 15.6 Å². The van der Waals surface area contributed by atoms with E-state index >= 15 is 0 Å². The predicted octanol–water partition coefficient (Wildman–Crippen LogP) is 0.697. The van der Waals surface area contributed by atoms with Crippen molar-refractivity contribution in [2.45, 2.75) is 6.04 Å². The van der Waals surface area contributed by atoms with E-state index in [0.717, 1.165) is 11.6 Å². The normalized spacial score (nSPS) is 22.1. The minimum absolute atomic E-state index is 0.163. The topological polar surface area (TPSA) is 102 Å². The molecular weight excluding hydrogens is 260 g/mol. The van der Waals surface area contributed by atoms with E-state index in [1.54, 1.807) is 24.3 Å². The molecule has 1 aromatic rings. The fourth-order valence-corrected chi connectivity index (χ4v) is 1.92. The molecule has 20 heavy (non-hydrogen) atoms. The lowest BCUT2D eigenvalue weighted by Gasteiger charge is -2.13. The summed E-state index contributed by atoms with van der Waals surface area (Å²) in [7, 11) is 0. The van der Waals surface area contributed by atoms with Gasteiger partial charge in [0.25, 0.3) is 0 Å². The van der Waals surface area contributed by atoms with Gasteiger partial charge in [-0.3, -0.25) is 4.79 Å². The smallest absolute Gasteiger partial charge is 0.328 e. The first-order valence-corrected chi connectivity index (χ1v) is 6.21. The highest BCUT2D eigenvalue weighted by atomic mass is 16.5. The van der Waals surface area contributed by atoms with Crippen molar-refractivity contribution in [2.75, 3.05) is 18.5 Å². The zero-order valence-corrected chi connectivity index (χ0v) is 10.8. The van der Waals surface area contributed by atoms with Gasteiger partial charge in [-0.2, -0.15) is 0 Å². The number of nitrogens with two attached hydrogens (primary N) is 1. The first-order valence-electron chi connectivity index (χ1n) is 6.21. The summed E-state index contributed by atoms with van der Waals surface area (Å²) >= 11 is 0. The lowest BCUT2D eigenvalue weighted by Crippen LogP contribution is -2.37. The van der Waals surface area contributed by atoms with Crippen molar-refractivity contribution in [2.24, 2.45) is 11.7 Å². The second-order valence-electron chi connectivity index (χ2n) is 4.59. The number of hydrogen-bond donors (Lipinski definition) is 3. The largest absolute Gasteiger partial charge is 0.478 e. The Morgan fingerprint density at radius 2 is 2.00 bits per heavy atom. The third-order valence-electron chi connectivity index (χ3n) is 3.06. The van der Waals surface area contributed by atoms with E-state index in [2.05, 4.69) is 5.32 Å². The summed E-state index contributed by atoms with van der Waals surface area (Å²) in [4.78, 5) is 22.4. The Morgan fingerprint density at radius 3 is 2.55 bits per heavy atom. The average molecular weight is 276 g/mol. The van der Waals surface area contributed by atoms with E-state index < -0.39 is 5.97 Å². The van der Waals surface area contributed by atoms with E-state index in [1.807, 2.05) is 0 Å². The van der Waals surface area contributed by atoms with Gasteiger partial charge in [-0.1, -0.05) is 12.1 Å². The Kier molecular flexibility index (Phi) is 4.49. The summed E-state index contributed by atoms with van der Waals surface area (Å²) in [5.74, 6) is -1.50. The highest BCUT2D eigenvalue weighted by Crippen LogP contribution is 2.16. The lowest BCUT2D eigenvalue weighted by molar-refractivity contribution is -0.131. The molecule has 6 heteroatoms. The number of nitrogens with one attached hydrogen (secondary N) is 1. The van der Waals surface area contributed by atoms with Crippen molar-refractivity contribution in [3.8, 4) is 0 Å². The standard InChI is InChI=1S/C14H16N2O4/c15-12-8-20-7-11(12)14(19)16-10-4-1-9(2-5-10)3-6-13(17)18/h1-6,11-12H,7-8,15H2,(H,16,19)(H,17,18)/b6-3+. The van der Waals surface area contributed by atoms with Crippen LogP contribution in [0, 0.1) is 5.92 Å². The number of carbonyl (C=O) groups is 2. The number of carbonyl (C=O) groups excluding carboxylic acids is 1. The second kappa shape index (κ2) is 6.31. The van der Waals surface area contributed by atoms with Crippen LogP contribution < -0.4 is 11.1 Å². The molecule has 1 amide bonds. The van der Waals surface area contributed by atoms with Gasteiger partial charge in [-0.25, -0.2) is 4.79 Å². The number of hydrogen-bond acceptors (Lipinski definition) is 4. The van der Waals surface area contributed by atoms with Gasteiger partial charge in [-0.15, -0.1) is 0 Å². The molecule has 0 saturated carbocycles. The average Bonchev–Trinajstić information content (AvgIpc) is 2.84. The maximum absolute atomic E-state index is 12.0. The molecule has 1 aliphatic heterocycles. The van der Waals surface area contributed by atoms with Gasteiger partial charge in [-0.05, 0) is 23.8 Å². The van der Waals surface area contributed by atoms with Crippen LogP contribution in [-0.4, -0.2) is 36.2 Å². The minimum atomic E-state index is -1.00. The SMILES string of the molecule is NC1COCC1C(=O)Nc1ccc(/C=C/C(=O)O)cc1. The Labute approximate surface area is 116 Å². The monoisotopic (exact) mass is 276 g/mol. The molecule has 0 bridgehead atoms. The van der Waals surface area contributed by atoms with Crippen LogP contribution in [0.2, 0.25) is 0 Å². The summed E-state index contributed by atoms with van der Waals surface area (Å²) in [5.41, 5.74) is 7.16. The molecule has 4 N–H and O–H groups in total. The number of aliphatic carboxylic acids is 1. The summed E-state index contributed by atoms with van der Waals surface area (Å²) in [6.07, 6.45) is 2.54. The van der Waals surface area contributed by atoms with Crippen molar-refractivity contribution in [1.29, 1.82) is 0 Å². The van der Waals surface area contributed by atoms with Crippen molar-refractivity contribution in [3.63, 3.8) is 0 Å². The number of amides is 1. The zero-order chi connectivity index (χ0) is 14.5. The number of benzene rings is 1. The van der Waals surface area contributed by atoms with Crippen LogP contribution in [0.15, 0.2) is 30.3 Å². The molecule has 1 heterocycles. The molecule has 106 valence electrons. The van der Waals surface area contributed by atoms with Gasteiger partial charge in [0.15, 0.2) is 0 Å². The van der Waals surface area contributed by atoms with Crippen LogP contribution in [0.4, 0.5) is 5.69 Å². The Balaban J connectivity index is 1.96. The fraction of sp³-hybridized carbons (Fsp3) is 0.286. The molecule has 0 aliphatic carbocycles. The molecule has 0 radical (unpaired) electrons. The van der Waals surface area contributed by atoms with E-state index in [-0.39, 0.29) is 17.9 Å². The quantitative estimate of drug-likeness (QED) is 0.702. The Bertz CT molecular complexity index is 524. The molecule has 0 aromatic heterocycles. The molecule has 6 nitrogen and oxygen atoms in total. The van der Waals surface area contributed by atoms with Gasteiger partial charge >= 0.3 is 5.97 Å². The van der Waals surface area contributed by atoms with E-state index in [9.17, 15) is 9.59 Å². The number of carboxylic acid groups (broad SMARTS) is 1. The highest BCUT2D eigenvalue weighted by molar-refractivity contribution is 5.93. The second-order valence-corrected chi connectivity index (χ2v) is 4.59. The molecular formula is C14H16N2O4. The lowest BCUT2D eigenvalue weighted by atomic mass is 10.0. The maximum atomic E-state index is 12.0.